The fraction of sp³-hybridized carbons (Fsp3) is 0.143. The molecule has 0 saturated heterocycles. The third-order valence-electron chi connectivity index (χ3n) is 2.40. The van der Waals surface area contributed by atoms with Crippen LogP contribution in [0.3, 0.4) is 0 Å². The highest BCUT2D eigenvalue weighted by molar-refractivity contribution is 7.86. The molecule has 0 amide bonds. The van der Waals surface area contributed by atoms with E-state index in [1.165, 1.54) is 12.1 Å². The van der Waals surface area contributed by atoms with Gasteiger partial charge in [0, 0.05) is 6.07 Å². The van der Waals surface area contributed by atoms with Crippen molar-refractivity contribution >= 4 is 10.1 Å². The summed E-state index contributed by atoms with van der Waals surface area (Å²) in [4.78, 5) is 0.0688. The third kappa shape index (κ3) is 3.70. The van der Waals surface area contributed by atoms with Crippen LogP contribution in [0, 0.1) is 24.8 Å². The Morgan fingerprint density at radius 2 is 2.00 bits per heavy atom. The lowest BCUT2D eigenvalue weighted by molar-refractivity contribution is 0.359. The predicted molar refractivity (Wildman–Crippen MR) is 69.9 cm³/mol. The molecule has 0 radical (unpaired) electrons. The zero-order valence-electron chi connectivity index (χ0n) is 10.6. The second-order valence-corrected chi connectivity index (χ2v) is 5.59. The summed E-state index contributed by atoms with van der Waals surface area (Å²) in [7, 11) is -3.83. The lowest BCUT2D eigenvalue weighted by Crippen LogP contribution is -2.06. The van der Waals surface area contributed by atoms with E-state index in [9.17, 15) is 12.8 Å². The van der Waals surface area contributed by atoms with E-state index in [1.54, 1.807) is 12.1 Å². The van der Waals surface area contributed by atoms with Crippen molar-refractivity contribution in [1.29, 1.82) is 0 Å². The molecular weight excluding hydrogens is 283 g/mol. The van der Waals surface area contributed by atoms with Gasteiger partial charge in [-0.25, -0.2) is 0 Å². The molecule has 0 saturated carbocycles. The molecule has 0 aliphatic heterocycles. The summed E-state index contributed by atoms with van der Waals surface area (Å²) >= 11 is 0. The molecular formula is C14H11FO4S. The fourth-order valence-corrected chi connectivity index (χ4v) is 2.21. The molecule has 1 aromatic carbocycles. The summed E-state index contributed by atoms with van der Waals surface area (Å²) < 4.78 is 45.3. The first-order valence-corrected chi connectivity index (χ1v) is 7.07. The smallest absolute Gasteiger partial charge is 0.297 e. The van der Waals surface area contributed by atoms with Gasteiger partial charge < -0.3 is 4.42 Å². The van der Waals surface area contributed by atoms with Gasteiger partial charge >= 0.3 is 0 Å². The number of aryl methyl sites for hydroxylation is 1. The summed E-state index contributed by atoms with van der Waals surface area (Å²) in [5, 5.41) is 0. The van der Waals surface area contributed by atoms with Gasteiger partial charge in [0.1, 0.15) is 12.9 Å². The van der Waals surface area contributed by atoms with Crippen LogP contribution in [0.2, 0.25) is 0 Å². The summed E-state index contributed by atoms with van der Waals surface area (Å²) in [6, 6.07) is 6.63. The van der Waals surface area contributed by atoms with Gasteiger partial charge in [-0.15, -0.1) is 0 Å². The number of hydrogen-bond acceptors (Lipinski definition) is 4. The van der Waals surface area contributed by atoms with Gasteiger partial charge in [0.05, 0.1) is 10.5 Å². The molecule has 0 N–H and O–H groups in total. The Kier molecular flexibility index (Phi) is 4.23. The van der Waals surface area contributed by atoms with Crippen LogP contribution in [-0.2, 0) is 14.3 Å². The van der Waals surface area contributed by atoms with E-state index in [-0.39, 0.29) is 11.5 Å². The highest BCUT2D eigenvalue weighted by atomic mass is 32.2. The van der Waals surface area contributed by atoms with Crippen molar-refractivity contribution in [2.45, 2.75) is 11.8 Å². The number of halogens is 1. The summed E-state index contributed by atoms with van der Waals surface area (Å²) in [5.74, 6) is 5.00. The summed E-state index contributed by atoms with van der Waals surface area (Å²) in [6.07, 6.45) is 1.14. The zero-order valence-corrected chi connectivity index (χ0v) is 11.4. The Balaban J connectivity index is 2.00. The molecule has 4 nitrogen and oxygen atoms in total. The molecule has 0 fully saturated rings. The monoisotopic (exact) mass is 294 g/mol. The van der Waals surface area contributed by atoms with E-state index in [0.717, 1.165) is 17.9 Å². The fourth-order valence-electron chi connectivity index (χ4n) is 1.39. The second kappa shape index (κ2) is 5.90. The molecule has 104 valence electrons. The maximum atomic E-state index is 12.5. The van der Waals surface area contributed by atoms with Gasteiger partial charge in [-0.3, -0.25) is 4.18 Å². The van der Waals surface area contributed by atoms with E-state index in [2.05, 4.69) is 16.3 Å². The largest absolute Gasteiger partial charge is 0.438 e. The summed E-state index contributed by atoms with van der Waals surface area (Å²) in [6.45, 7) is 1.54. The average Bonchev–Trinajstić information content (AvgIpc) is 2.81. The van der Waals surface area contributed by atoms with E-state index in [0.29, 0.717) is 5.56 Å². The van der Waals surface area contributed by atoms with Crippen molar-refractivity contribution in [2.24, 2.45) is 0 Å². The molecule has 1 heterocycles. The lowest BCUT2D eigenvalue weighted by atomic mass is 10.2. The first-order valence-electron chi connectivity index (χ1n) is 5.66. The summed E-state index contributed by atoms with van der Waals surface area (Å²) in [5.41, 5.74) is 1.27. The van der Waals surface area contributed by atoms with Crippen LogP contribution in [0.15, 0.2) is 45.9 Å². The predicted octanol–water partition coefficient (Wildman–Crippen LogP) is 2.48. The van der Waals surface area contributed by atoms with Crippen LogP contribution in [-0.4, -0.2) is 15.0 Å². The minimum Gasteiger partial charge on any atom is -0.438 e. The van der Waals surface area contributed by atoms with Crippen molar-refractivity contribution < 1.29 is 21.4 Å². The Hall–Kier alpha value is -2.10. The number of rotatable bonds is 3. The average molecular weight is 294 g/mol. The van der Waals surface area contributed by atoms with E-state index in [4.69, 9.17) is 4.18 Å². The van der Waals surface area contributed by atoms with Crippen LogP contribution in [0.25, 0.3) is 0 Å². The SMILES string of the molecule is Cc1ccc(S(=O)(=O)OCC#Cc2coc(F)c2)cc1. The van der Waals surface area contributed by atoms with Crippen LogP contribution < -0.4 is 0 Å². The Morgan fingerprint density at radius 1 is 1.30 bits per heavy atom. The quantitative estimate of drug-likeness (QED) is 0.644. The first-order chi connectivity index (χ1) is 9.47. The van der Waals surface area contributed by atoms with Gasteiger partial charge in [0.25, 0.3) is 16.1 Å². The molecule has 6 heteroatoms. The van der Waals surface area contributed by atoms with Crippen LogP contribution in [0.5, 0.6) is 0 Å². The molecule has 2 aromatic rings. The minimum atomic E-state index is -3.83. The van der Waals surface area contributed by atoms with E-state index >= 15 is 0 Å². The minimum absolute atomic E-state index is 0.0688. The molecule has 0 atom stereocenters. The van der Waals surface area contributed by atoms with Gasteiger partial charge in [0.2, 0.25) is 0 Å². The highest BCUT2D eigenvalue weighted by Crippen LogP contribution is 2.12. The number of hydrogen-bond donors (Lipinski definition) is 0. The highest BCUT2D eigenvalue weighted by Gasteiger charge is 2.13. The van der Waals surface area contributed by atoms with Crippen LogP contribution >= 0.6 is 0 Å². The van der Waals surface area contributed by atoms with Crippen molar-refractivity contribution in [2.75, 3.05) is 6.61 Å². The van der Waals surface area contributed by atoms with E-state index < -0.39 is 16.1 Å². The van der Waals surface area contributed by atoms with Crippen molar-refractivity contribution in [1.82, 2.24) is 0 Å². The first kappa shape index (κ1) is 14.3. The molecule has 0 unspecified atom stereocenters. The lowest BCUT2D eigenvalue weighted by Gasteiger charge is -2.02. The van der Waals surface area contributed by atoms with Gasteiger partial charge in [-0.1, -0.05) is 29.5 Å². The molecule has 0 aliphatic carbocycles. The standard InChI is InChI=1S/C14H11FO4S/c1-11-4-6-13(7-5-11)20(16,17)19-8-2-3-12-9-14(15)18-10-12/h4-7,9-10H,8H2,1H3. The van der Waals surface area contributed by atoms with Gasteiger partial charge in [-0.05, 0) is 19.1 Å². The molecule has 1 aromatic heterocycles. The van der Waals surface area contributed by atoms with Crippen molar-refractivity contribution in [3.8, 4) is 11.8 Å². The molecule has 0 spiro atoms. The second-order valence-electron chi connectivity index (χ2n) is 3.97. The Labute approximate surface area is 116 Å². The Bertz CT molecular complexity index is 748. The van der Waals surface area contributed by atoms with E-state index in [1.807, 2.05) is 6.92 Å². The topological polar surface area (TPSA) is 56.5 Å². The van der Waals surface area contributed by atoms with Gasteiger partial charge in [0.15, 0.2) is 0 Å². The van der Waals surface area contributed by atoms with Crippen LogP contribution in [0.4, 0.5) is 4.39 Å². The maximum Gasteiger partial charge on any atom is 0.297 e. The normalized spacial score (nSPS) is 10.9. The molecule has 2 rings (SSSR count). The number of furan rings is 1. The number of benzene rings is 1. The molecule has 0 aliphatic rings. The van der Waals surface area contributed by atoms with Crippen LogP contribution in [0.1, 0.15) is 11.1 Å². The maximum absolute atomic E-state index is 12.5. The molecule has 0 bridgehead atoms. The third-order valence-corrected chi connectivity index (χ3v) is 3.67. The molecule has 20 heavy (non-hydrogen) atoms. The Morgan fingerprint density at radius 3 is 2.60 bits per heavy atom. The van der Waals surface area contributed by atoms with Crippen molar-refractivity contribution in [3.05, 3.63) is 53.7 Å². The van der Waals surface area contributed by atoms with Gasteiger partial charge in [-0.2, -0.15) is 12.8 Å². The zero-order chi connectivity index (χ0) is 14.6. The van der Waals surface area contributed by atoms with Crippen molar-refractivity contribution in [3.63, 3.8) is 0 Å².